The molecule has 0 radical (unpaired) electrons. The first-order chi connectivity index (χ1) is 18.6. The van der Waals surface area contributed by atoms with Crippen LogP contribution in [0, 0.1) is 0 Å². The maximum absolute atomic E-state index is 11.6. The lowest BCUT2D eigenvalue weighted by Crippen LogP contribution is -2.34. The SMILES string of the molecule is CC(C)(C)OC(=O)NCC1=C(CCC(=O)O)CC=CC1.CC(C)(C)OC(=O)NCC1=C(CCC(=O)O)CCCC1. The number of rotatable bonds is 10. The van der Waals surface area contributed by atoms with Crippen LogP contribution in [0.4, 0.5) is 9.59 Å². The highest BCUT2D eigenvalue weighted by molar-refractivity contribution is 5.69. The third kappa shape index (κ3) is 16.6. The van der Waals surface area contributed by atoms with Crippen LogP contribution >= 0.6 is 0 Å². The van der Waals surface area contributed by atoms with Crippen LogP contribution in [0.15, 0.2) is 34.4 Å². The van der Waals surface area contributed by atoms with Crippen molar-refractivity contribution in [3.63, 3.8) is 0 Å². The van der Waals surface area contributed by atoms with Gasteiger partial charge >= 0.3 is 24.1 Å². The highest BCUT2D eigenvalue weighted by Gasteiger charge is 2.19. The van der Waals surface area contributed by atoms with Crippen molar-refractivity contribution in [2.24, 2.45) is 0 Å². The van der Waals surface area contributed by atoms with Crippen molar-refractivity contribution in [1.82, 2.24) is 10.6 Å². The van der Waals surface area contributed by atoms with Gasteiger partial charge in [-0.2, -0.15) is 0 Å². The van der Waals surface area contributed by atoms with Crippen molar-refractivity contribution >= 4 is 24.1 Å². The van der Waals surface area contributed by atoms with Gasteiger partial charge in [-0.3, -0.25) is 9.59 Å². The maximum Gasteiger partial charge on any atom is 0.407 e. The second kappa shape index (κ2) is 16.7. The largest absolute Gasteiger partial charge is 0.481 e. The van der Waals surface area contributed by atoms with Crippen LogP contribution in [0.3, 0.4) is 0 Å². The van der Waals surface area contributed by atoms with Crippen LogP contribution in [0.5, 0.6) is 0 Å². The number of nitrogens with one attached hydrogen (secondary N) is 2. The summed E-state index contributed by atoms with van der Waals surface area (Å²) >= 11 is 0. The van der Waals surface area contributed by atoms with Gasteiger partial charge in [-0.15, -0.1) is 0 Å². The lowest BCUT2D eigenvalue weighted by molar-refractivity contribution is -0.138. The summed E-state index contributed by atoms with van der Waals surface area (Å²) in [5, 5.41) is 23.0. The molecule has 0 bridgehead atoms. The lowest BCUT2D eigenvalue weighted by Gasteiger charge is -2.23. The van der Waals surface area contributed by atoms with Gasteiger partial charge in [0.25, 0.3) is 0 Å². The van der Waals surface area contributed by atoms with Crippen molar-refractivity contribution in [3.05, 3.63) is 34.4 Å². The molecule has 0 fully saturated rings. The van der Waals surface area contributed by atoms with Crippen molar-refractivity contribution in [1.29, 1.82) is 0 Å². The Morgan fingerprint density at radius 3 is 1.52 bits per heavy atom. The molecule has 0 aromatic heterocycles. The van der Waals surface area contributed by atoms with Crippen LogP contribution in [-0.2, 0) is 19.1 Å². The Labute approximate surface area is 238 Å². The van der Waals surface area contributed by atoms with Crippen molar-refractivity contribution in [2.45, 2.75) is 117 Å². The predicted molar refractivity (Wildman–Crippen MR) is 153 cm³/mol. The van der Waals surface area contributed by atoms with E-state index < -0.39 is 35.3 Å². The fraction of sp³-hybridized carbons (Fsp3) is 0.667. The number of alkyl carbamates (subject to hydrolysis) is 2. The molecule has 0 saturated heterocycles. The Kier molecular flexibility index (Phi) is 14.5. The van der Waals surface area contributed by atoms with E-state index in [2.05, 4.69) is 10.6 Å². The minimum Gasteiger partial charge on any atom is -0.481 e. The molecule has 4 N–H and O–H groups in total. The zero-order valence-electron chi connectivity index (χ0n) is 25.0. The van der Waals surface area contributed by atoms with Gasteiger partial charge in [0.05, 0.1) is 0 Å². The van der Waals surface area contributed by atoms with Crippen molar-refractivity contribution in [3.8, 4) is 0 Å². The number of hydrogen-bond acceptors (Lipinski definition) is 6. The summed E-state index contributed by atoms with van der Waals surface area (Å²) in [6.45, 7) is 11.8. The summed E-state index contributed by atoms with van der Waals surface area (Å²) in [4.78, 5) is 44.5. The fourth-order valence-corrected chi connectivity index (χ4v) is 4.26. The van der Waals surface area contributed by atoms with Gasteiger partial charge in [-0.25, -0.2) is 9.59 Å². The predicted octanol–water partition coefficient (Wildman–Crippen LogP) is 6.27. The van der Waals surface area contributed by atoms with Crippen LogP contribution in [-0.4, -0.2) is 58.6 Å². The van der Waals surface area contributed by atoms with Gasteiger partial charge in [-0.05, 0) is 98.5 Å². The van der Waals surface area contributed by atoms with E-state index in [0.717, 1.165) is 49.7 Å². The minimum atomic E-state index is -0.800. The number of amides is 2. The molecule has 0 spiro atoms. The Morgan fingerprint density at radius 2 is 1.07 bits per heavy atom. The number of aliphatic carboxylic acids is 2. The molecule has 0 aromatic rings. The number of hydrogen-bond donors (Lipinski definition) is 4. The molecule has 10 heteroatoms. The monoisotopic (exact) mass is 564 g/mol. The molecular weight excluding hydrogens is 516 g/mol. The molecule has 226 valence electrons. The molecule has 0 atom stereocenters. The molecule has 0 saturated carbocycles. The van der Waals surface area contributed by atoms with Gasteiger partial charge in [0, 0.05) is 25.9 Å². The van der Waals surface area contributed by atoms with E-state index in [4.69, 9.17) is 19.7 Å². The molecule has 0 unspecified atom stereocenters. The smallest absolute Gasteiger partial charge is 0.407 e. The van der Waals surface area contributed by atoms with Crippen molar-refractivity contribution in [2.75, 3.05) is 13.1 Å². The number of allylic oxidation sites excluding steroid dienone is 4. The van der Waals surface area contributed by atoms with E-state index in [0.29, 0.717) is 25.9 Å². The fourth-order valence-electron chi connectivity index (χ4n) is 4.26. The first-order valence-corrected chi connectivity index (χ1v) is 14.0. The quantitative estimate of drug-likeness (QED) is 0.227. The van der Waals surface area contributed by atoms with E-state index in [1.165, 1.54) is 11.1 Å². The number of carbonyl (C=O) groups excluding carboxylic acids is 2. The first kappa shape index (κ1) is 34.7. The second-order valence-electron chi connectivity index (χ2n) is 12.0. The molecule has 2 rings (SSSR count). The van der Waals surface area contributed by atoms with E-state index in [1.54, 1.807) is 0 Å². The molecule has 2 aliphatic rings. The number of carboxylic acid groups (broad SMARTS) is 2. The molecule has 2 amide bonds. The topological polar surface area (TPSA) is 151 Å². The lowest BCUT2D eigenvalue weighted by atomic mass is 9.89. The molecule has 40 heavy (non-hydrogen) atoms. The summed E-state index contributed by atoms with van der Waals surface area (Å²) in [6, 6.07) is 0. The average molecular weight is 565 g/mol. The van der Waals surface area contributed by atoms with Gasteiger partial charge < -0.3 is 30.3 Å². The molecule has 0 heterocycles. The number of carboxylic acids is 2. The zero-order valence-corrected chi connectivity index (χ0v) is 25.0. The Bertz CT molecular complexity index is 925. The molecule has 2 aliphatic carbocycles. The molecule has 10 nitrogen and oxygen atoms in total. The standard InChI is InChI=1S/C15H25NO4.C15H23NO4/c2*1-15(2,3)20-14(19)16-10-12-7-5-4-6-11(12)8-9-13(17)18/h4-10H2,1-3H3,(H,16,19)(H,17,18);4-5H,6-10H2,1-3H3,(H,16,19)(H,17,18). The summed E-state index contributed by atoms with van der Waals surface area (Å²) < 4.78 is 10.4. The van der Waals surface area contributed by atoms with Gasteiger partial charge in [0.15, 0.2) is 0 Å². The minimum absolute atomic E-state index is 0.124. The normalized spacial score (nSPS) is 15.6. The van der Waals surface area contributed by atoms with E-state index in [9.17, 15) is 19.2 Å². The molecular formula is C30H48N2O8. The Balaban J connectivity index is 0.000000400. The maximum atomic E-state index is 11.6. The van der Waals surface area contributed by atoms with Gasteiger partial charge in [0.2, 0.25) is 0 Å². The van der Waals surface area contributed by atoms with Gasteiger partial charge in [-0.1, -0.05) is 28.9 Å². The van der Waals surface area contributed by atoms with Crippen LogP contribution in [0.2, 0.25) is 0 Å². The summed E-state index contributed by atoms with van der Waals surface area (Å²) in [5.74, 6) is -1.57. The Hall–Kier alpha value is -3.30. The second-order valence-corrected chi connectivity index (χ2v) is 12.0. The zero-order chi connectivity index (χ0) is 30.3. The van der Waals surface area contributed by atoms with E-state index in [-0.39, 0.29) is 12.8 Å². The average Bonchev–Trinajstić information content (AvgIpc) is 2.83. The Morgan fingerprint density at radius 1 is 0.675 bits per heavy atom. The van der Waals surface area contributed by atoms with E-state index >= 15 is 0 Å². The number of ether oxygens (including phenoxy) is 2. The highest BCUT2D eigenvalue weighted by Crippen LogP contribution is 2.27. The number of carbonyl (C=O) groups is 4. The summed E-state index contributed by atoms with van der Waals surface area (Å²) in [5.41, 5.74) is 3.53. The van der Waals surface area contributed by atoms with Crippen LogP contribution in [0.25, 0.3) is 0 Å². The first-order valence-electron chi connectivity index (χ1n) is 14.0. The van der Waals surface area contributed by atoms with E-state index in [1.807, 2.05) is 53.7 Å². The third-order valence-electron chi connectivity index (χ3n) is 6.07. The van der Waals surface area contributed by atoms with Crippen LogP contribution < -0.4 is 10.6 Å². The van der Waals surface area contributed by atoms with Crippen LogP contribution in [0.1, 0.15) is 106 Å². The third-order valence-corrected chi connectivity index (χ3v) is 6.07. The molecule has 0 aromatic carbocycles. The summed E-state index contributed by atoms with van der Waals surface area (Å²) in [7, 11) is 0. The highest BCUT2D eigenvalue weighted by atomic mass is 16.6. The molecule has 0 aliphatic heterocycles. The van der Waals surface area contributed by atoms with Gasteiger partial charge in [0.1, 0.15) is 11.2 Å². The van der Waals surface area contributed by atoms with Crippen molar-refractivity contribution < 1.29 is 38.9 Å². The summed E-state index contributed by atoms with van der Waals surface area (Å²) in [6.07, 6.45) is 10.2.